The molecule has 60 valence electrons. The quantitative estimate of drug-likeness (QED) is 0.410. The van der Waals surface area contributed by atoms with Gasteiger partial charge >= 0.3 is 0 Å². The molecular weight excluding hydrogens is 144 g/mol. The summed E-state index contributed by atoms with van der Waals surface area (Å²) < 4.78 is 5.09. The van der Waals surface area contributed by atoms with E-state index in [1.54, 1.807) is 19.1 Å². The Bertz CT molecular complexity index is 198. The first kappa shape index (κ1) is 8.04. The average Bonchev–Trinajstić information content (AvgIpc) is 2.06. The minimum absolute atomic E-state index is 0.627. The van der Waals surface area contributed by atoms with Gasteiger partial charge in [-0.15, -0.1) is 0 Å². The molecule has 3 heteroatoms. The van der Waals surface area contributed by atoms with E-state index in [2.05, 4.69) is 4.89 Å². The van der Waals surface area contributed by atoms with E-state index in [-0.39, 0.29) is 0 Å². The number of rotatable bonds is 3. The van der Waals surface area contributed by atoms with Gasteiger partial charge in [0.25, 0.3) is 0 Å². The summed E-state index contributed by atoms with van der Waals surface area (Å²) in [5, 5.41) is 8.17. The summed E-state index contributed by atoms with van der Waals surface area (Å²) in [6.45, 7) is 1.60. The van der Waals surface area contributed by atoms with E-state index in [0.717, 1.165) is 0 Å². The second-order valence-electron chi connectivity index (χ2n) is 2.10. The Hall–Kier alpha value is -1.06. The topological polar surface area (TPSA) is 38.7 Å². The van der Waals surface area contributed by atoms with Crippen LogP contribution in [-0.2, 0) is 4.89 Å². The monoisotopic (exact) mass is 154 g/mol. The summed E-state index contributed by atoms with van der Waals surface area (Å²) in [4.78, 5) is 3.93. The van der Waals surface area contributed by atoms with Gasteiger partial charge in [-0.25, -0.2) is 5.26 Å². The Balaban J connectivity index is 2.51. The molecule has 0 spiro atoms. The molecular formula is C8H10O3. The number of para-hydroxylation sites is 1. The van der Waals surface area contributed by atoms with Crippen molar-refractivity contribution < 1.29 is 14.9 Å². The minimum atomic E-state index is -0.627. The molecule has 0 aliphatic rings. The largest absolute Gasteiger partial charge is 0.462 e. The van der Waals surface area contributed by atoms with Crippen molar-refractivity contribution in [1.82, 2.24) is 0 Å². The predicted octanol–water partition coefficient (Wildman–Crippen LogP) is 1.90. The zero-order valence-corrected chi connectivity index (χ0v) is 6.23. The van der Waals surface area contributed by atoms with Crippen molar-refractivity contribution in [3.05, 3.63) is 30.3 Å². The van der Waals surface area contributed by atoms with E-state index >= 15 is 0 Å². The van der Waals surface area contributed by atoms with Gasteiger partial charge in [0, 0.05) is 6.92 Å². The third kappa shape index (κ3) is 2.57. The van der Waals surface area contributed by atoms with E-state index < -0.39 is 6.29 Å². The van der Waals surface area contributed by atoms with E-state index in [4.69, 9.17) is 9.99 Å². The van der Waals surface area contributed by atoms with Crippen molar-refractivity contribution in [2.75, 3.05) is 0 Å². The molecule has 0 aliphatic carbocycles. The van der Waals surface area contributed by atoms with Gasteiger partial charge in [-0.3, -0.25) is 0 Å². The zero-order valence-electron chi connectivity index (χ0n) is 6.23. The molecule has 1 N–H and O–H groups in total. The Morgan fingerprint density at radius 2 is 1.91 bits per heavy atom. The average molecular weight is 154 g/mol. The van der Waals surface area contributed by atoms with Crippen molar-refractivity contribution in [3.63, 3.8) is 0 Å². The normalized spacial score (nSPS) is 12.5. The van der Waals surface area contributed by atoms with Crippen LogP contribution in [0.2, 0.25) is 0 Å². The first-order valence-electron chi connectivity index (χ1n) is 3.35. The van der Waals surface area contributed by atoms with E-state index in [1.165, 1.54) is 0 Å². The van der Waals surface area contributed by atoms with Gasteiger partial charge in [-0.05, 0) is 12.1 Å². The predicted molar refractivity (Wildman–Crippen MR) is 40.2 cm³/mol. The first-order valence-corrected chi connectivity index (χ1v) is 3.35. The lowest BCUT2D eigenvalue weighted by atomic mass is 10.3. The fraction of sp³-hybridized carbons (Fsp3) is 0.250. The Labute approximate surface area is 65.1 Å². The lowest BCUT2D eigenvalue weighted by Crippen LogP contribution is -2.13. The highest BCUT2D eigenvalue weighted by molar-refractivity contribution is 5.20. The summed E-state index contributed by atoms with van der Waals surface area (Å²) in [5.74, 6) is 0.675. The Morgan fingerprint density at radius 3 is 2.45 bits per heavy atom. The van der Waals surface area contributed by atoms with Gasteiger partial charge in [-0.1, -0.05) is 18.2 Å². The molecule has 1 aromatic carbocycles. The molecule has 1 atom stereocenters. The molecule has 0 heterocycles. The highest BCUT2D eigenvalue weighted by Crippen LogP contribution is 2.10. The summed E-state index contributed by atoms with van der Waals surface area (Å²) in [5.41, 5.74) is 0. The van der Waals surface area contributed by atoms with Gasteiger partial charge in [-0.2, -0.15) is 4.89 Å². The van der Waals surface area contributed by atoms with Crippen LogP contribution >= 0.6 is 0 Å². The maximum absolute atomic E-state index is 8.17. The van der Waals surface area contributed by atoms with Crippen LogP contribution in [0, 0.1) is 0 Å². The van der Waals surface area contributed by atoms with E-state index in [0.29, 0.717) is 5.75 Å². The van der Waals surface area contributed by atoms with Crippen molar-refractivity contribution in [2.45, 2.75) is 13.2 Å². The lowest BCUT2D eigenvalue weighted by molar-refractivity contribution is -0.319. The van der Waals surface area contributed by atoms with E-state index in [9.17, 15) is 0 Å². The van der Waals surface area contributed by atoms with Crippen molar-refractivity contribution in [2.24, 2.45) is 0 Å². The molecule has 3 nitrogen and oxygen atoms in total. The van der Waals surface area contributed by atoms with Crippen LogP contribution in [0.4, 0.5) is 0 Å². The number of hydrogen-bond acceptors (Lipinski definition) is 3. The van der Waals surface area contributed by atoms with Crippen LogP contribution in [0.3, 0.4) is 0 Å². The molecule has 0 saturated heterocycles. The minimum Gasteiger partial charge on any atom is -0.462 e. The molecule has 1 unspecified atom stereocenters. The summed E-state index contributed by atoms with van der Waals surface area (Å²) in [6, 6.07) is 9.15. The molecule has 0 radical (unpaired) electrons. The lowest BCUT2D eigenvalue weighted by Gasteiger charge is -2.09. The molecule has 0 aromatic heterocycles. The number of benzene rings is 1. The fourth-order valence-corrected chi connectivity index (χ4v) is 0.712. The maximum Gasteiger partial charge on any atom is 0.228 e. The first-order chi connectivity index (χ1) is 5.33. The Morgan fingerprint density at radius 1 is 1.27 bits per heavy atom. The van der Waals surface area contributed by atoms with Crippen LogP contribution in [0.1, 0.15) is 6.92 Å². The summed E-state index contributed by atoms with van der Waals surface area (Å²) in [6.07, 6.45) is -0.627. The van der Waals surface area contributed by atoms with Gasteiger partial charge in [0.15, 0.2) is 0 Å². The van der Waals surface area contributed by atoms with Crippen LogP contribution in [0.15, 0.2) is 30.3 Å². The van der Waals surface area contributed by atoms with Crippen LogP contribution in [0.25, 0.3) is 0 Å². The second-order valence-corrected chi connectivity index (χ2v) is 2.10. The smallest absolute Gasteiger partial charge is 0.228 e. The molecule has 0 bridgehead atoms. The van der Waals surface area contributed by atoms with Crippen molar-refractivity contribution in [3.8, 4) is 5.75 Å². The van der Waals surface area contributed by atoms with Crippen LogP contribution < -0.4 is 4.74 Å². The molecule has 1 aromatic rings. The maximum atomic E-state index is 8.17. The zero-order chi connectivity index (χ0) is 8.10. The highest BCUT2D eigenvalue weighted by atomic mass is 17.1. The fourth-order valence-electron chi connectivity index (χ4n) is 0.712. The van der Waals surface area contributed by atoms with Gasteiger partial charge in [0.05, 0.1) is 0 Å². The highest BCUT2D eigenvalue weighted by Gasteiger charge is 2.00. The molecule has 1 rings (SSSR count). The van der Waals surface area contributed by atoms with Gasteiger partial charge in [0.1, 0.15) is 5.75 Å². The molecule has 0 amide bonds. The number of ether oxygens (including phenoxy) is 1. The molecule has 11 heavy (non-hydrogen) atoms. The van der Waals surface area contributed by atoms with Crippen LogP contribution in [-0.4, -0.2) is 11.5 Å². The molecule has 0 saturated carbocycles. The summed E-state index contributed by atoms with van der Waals surface area (Å²) >= 11 is 0. The van der Waals surface area contributed by atoms with Gasteiger partial charge < -0.3 is 4.74 Å². The third-order valence-corrected chi connectivity index (χ3v) is 1.19. The molecule has 0 fully saturated rings. The number of hydrogen-bond donors (Lipinski definition) is 1. The van der Waals surface area contributed by atoms with Crippen molar-refractivity contribution >= 4 is 0 Å². The summed E-state index contributed by atoms with van der Waals surface area (Å²) in [7, 11) is 0. The SMILES string of the molecule is CC(OO)Oc1ccccc1. The van der Waals surface area contributed by atoms with Crippen molar-refractivity contribution in [1.29, 1.82) is 0 Å². The Kier molecular flexibility index (Phi) is 2.89. The van der Waals surface area contributed by atoms with Gasteiger partial charge in [0.2, 0.25) is 6.29 Å². The standard InChI is InChI=1S/C8H10O3/c1-7(11-9)10-8-5-3-2-4-6-8/h2-7,9H,1H3. The van der Waals surface area contributed by atoms with E-state index in [1.807, 2.05) is 18.2 Å². The molecule has 0 aliphatic heterocycles. The second kappa shape index (κ2) is 3.95. The third-order valence-electron chi connectivity index (χ3n) is 1.19. The van der Waals surface area contributed by atoms with Crippen LogP contribution in [0.5, 0.6) is 5.75 Å².